The third kappa shape index (κ3) is 4.93. The van der Waals surface area contributed by atoms with Crippen LogP contribution in [0.15, 0.2) is 182 Å². The van der Waals surface area contributed by atoms with Crippen molar-refractivity contribution in [1.82, 2.24) is 15.0 Å². The number of aromatic nitrogens is 3. The highest BCUT2D eigenvalue weighted by Gasteiger charge is 2.33. The van der Waals surface area contributed by atoms with E-state index in [2.05, 4.69) is 170 Å². The van der Waals surface area contributed by atoms with Crippen molar-refractivity contribution in [3.63, 3.8) is 0 Å². The average Bonchev–Trinajstić information content (AvgIpc) is 3.33. The smallest absolute Gasteiger partial charge is 0.0970 e. The predicted octanol–water partition coefficient (Wildman–Crippen LogP) is 14.4. The lowest BCUT2D eigenvalue weighted by Gasteiger charge is -2.35. The van der Waals surface area contributed by atoms with Crippen LogP contribution < -0.4 is 0 Å². The zero-order valence-corrected chi connectivity index (χ0v) is 32.8. The fourth-order valence-electron chi connectivity index (χ4n) is 10.6. The lowest BCUT2D eigenvalue weighted by molar-refractivity contribution is 0.723. The van der Waals surface area contributed by atoms with E-state index in [0.29, 0.717) is 0 Å². The minimum absolute atomic E-state index is 0.228. The fourth-order valence-corrected chi connectivity index (χ4v) is 10.6. The van der Waals surface area contributed by atoms with Gasteiger partial charge in [-0.05, 0) is 103 Å². The third-order valence-corrected chi connectivity index (χ3v) is 13.4. The van der Waals surface area contributed by atoms with Crippen molar-refractivity contribution < 1.29 is 0 Å². The van der Waals surface area contributed by atoms with Gasteiger partial charge in [0.25, 0.3) is 0 Å². The van der Waals surface area contributed by atoms with Crippen LogP contribution in [0.3, 0.4) is 0 Å². The molecule has 0 spiro atoms. The number of fused-ring (bicyclic) bond motifs is 17. The van der Waals surface area contributed by atoms with E-state index < -0.39 is 0 Å². The zero-order valence-electron chi connectivity index (χ0n) is 32.8. The first kappa shape index (κ1) is 33.5. The number of hydrogen-bond acceptors (Lipinski definition) is 3. The van der Waals surface area contributed by atoms with Gasteiger partial charge in [0.05, 0.1) is 22.2 Å². The molecule has 0 saturated carbocycles. The third-order valence-electron chi connectivity index (χ3n) is 13.4. The molecule has 0 amide bonds. The molecular formula is C57H37N3. The van der Waals surface area contributed by atoms with Crippen LogP contribution in [0.2, 0.25) is 0 Å². The summed E-state index contributed by atoms with van der Waals surface area (Å²) in [5.74, 6) is 0.476. The first-order valence-electron chi connectivity index (χ1n) is 21.1. The van der Waals surface area contributed by atoms with Gasteiger partial charge >= 0.3 is 0 Å². The highest BCUT2D eigenvalue weighted by molar-refractivity contribution is 6.26. The maximum Gasteiger partial charge on any atom is 0.0970 e. The summed E-state index contributed by atoms with van der Waals surface area (Å²) in [5.41, 5.74) is 18.1. The Kier molecular flexibility index (Phi) is 7.26. The topological polar surface area (TPSA) is 38.7 Å². The molecule has 13 rings (SSSR count). The molecule has 0 aliphatic heterocycles. The molecule has 3 heterocycles. The molecule has 7 aromatic carbocycles. The molecule has 3 nitrogen and oxygen atoms in total. The molecule has 3 aliphatic rings. The molecule has 2 unspecified atom stereocenters. The lowest BCUT2D eigenvalue weighted by Crippen LogP contribution is -2.17. The number of rotatable bonds is 3. The molecule has 0 fully saturated rings. The summed E-state index contributed by atoms with van der Waals surface area (Å²) in [7, 11) is 0. The molecule has 2 atom stereocenters. The Hall–Kier alpha value is -7.49. The Morgan fingerprint density at radius 1 is 0.483 bits per heavy atom. The van der Waals surface area contributed by atoms with Crippen LogP contribution in [-0.4, -0.2) is 15.0 Å². The molecule has 3 aliphatic carbocycles. The van der Waals surface area contributed by atoms with Crippen molar-refractivity contribution in [3.05, 3.63) is 210 Å². The van der Waals surface area contributed by atoms with Crippen LogP contribution in [0, 0.1) is 0 Å². The summed E-state index contributed by atoms with van der Waals surface area (Å²) in [5, 5.41) is 8.53. The van der Waals surface area contributed by atoms with E-state index in [1.165, 1.54) is 82.6 Å². The van der Waals surface area contributed by atoms with Gasteiger partial charge in [0.15, 0.2) is 0 Å². The van der Waals surface area contributed by atoms with Crippen molar-refractivity contribution in [2.24, 2.45) is 0 Å². The Bertz CT molecular complexity index is 3550. The van der Waals surface area contributed by atoms with Gasteiger partial charge < -0.3 is 0 Å². The number of nitrogens with zero attached hydrogens (tertiary/aromatic N) is 3. The average molecular weight is 764 g/mol. The van der Waals surface area contributed by atoms with Crippen LogP contribution in [0.5, 0.6) is 0 Å². The highest BCUT2D eigenvalue weighted by atomic mass is 14.7. The van der Waals surface area contributed by atoms with Crippen LogP contribution in [0.1, 0.15) is 46.1 Å². The van der Waals surface area contributed by atoms with E-state index in [9.17, 15) is 0 Å². The lowest BCUT2D eigenvalue weighted by atomic mass is 9.68. The maximum absolute atomic E-state index is 5.56. The van der Waals surface area contributed by atoms with Gasteiger partial charge in [-0.1, -0.05) is 158 Å². The first-order chi connectivity index (χ1) is 29.8. The van der Waals surface area contributed by atoms with Crippen LogP contribution in [0.25, 0.3) is 99.4 Å². The summed E-state index contributed by atoms with van der Waals surface area (Å²) in [4.78, 5) is 15.1. The van der Waals surface area contributed by atoms with Gasteiger partial charge in [0.2, 0.25) is 0 Å². The highest BCUT2D eigenvalue weighted by Crippen LogP contribution is 2.52. The van der Waals surface area contributed by atoms with Gasteiger partial charge in [-0.3, -0.25) is 9.97 Å². The molecule has 0 bridgehead atoms. The molecule has 0 radical (unpaired) electrons. The Labute approximate surface area is 347 Å². The van der Waals surface area contributed by atoms with E-state index in [-0.39, 0.29) is 11.8 Å². The normalized spacial score (nSPS) is 16.5. The fraction of sp³-hybridized carbons (Fsp3) is 0.0702. The summed E-state index contributed by atoms with van der Waals surface area (Å²) in [6.07, 6.45) is 17.7. The van der Waals surface area contributed by atoms with Gasteiger partial charge in [-0.25, -0.2) is 4.98 Å². The van der Waals surface area contributed by atoms with E-state index in [1.54, 1.807) is 0 Å². The van der Waals surface area contributed by atoms with Gasteiger partial charge in [0, 0.05) is 51.3 Å². The number of allylic oxidation sites excluding steroid dienone is 5. The summed E-state index contributed by atoms with van der Waals surface area (Å²) in [6.45, 7) is 0. The Morgan fingerprint density at radius 2 is 1.23 bits per heavy atom. The van der Waals surface area contributed by atoms with E-state index in [4.69, 9.17) is 15.0 Å². The summed E-state index contributed by atoms with van der Waals surface area (Å²) < 4.78 is 0. The molecule has 3 heteroatoms. The van der Waals surface area contributed by atoms with Crippen LogP contribution in [0.4, 0.5) is 0 Å². The van der Waals surface area contributed by atoms with Gasteiger partial charge in [-0.15, -0.1) is 0 Å². The van der Waals surface area contributed by atoms with E-state index in [1.807, 2.05) is 18.5 Å². The van der Waals surface area contributed by atoms with Crippen molar-refractivity contribution in [3.8, 4) is 33.5 Å². The number of hydrogen-bond donors (Lipinski definition) is 0. The summed E-state index contributed by atoms with van der Waals surface area (Å²) >= 11 is 0. The Balaban J connectivity index is 0.887. The molecule has 10 aromatic rings. The standard InChI is InChI=1S/C57H37N3/c1-2-14-43-42(13-1)51-32-37(24-26-44(51)45-27-25-38(33-52(43)45)39-29-31-59-57-50(39)28-23-35-10-9-30-58-55(35)57)34-19-21-36(22-20-34)54-49-18-8-6-16-47(49)53-46-15-5-3-11-40(46)41-12-4-7-17-48(41)56(53)60-54/h1-7,9-17,19-33,45,52H,8,18H2. The summed E-state index contributed by atoms with van der Waals surface area (Å²) in [6, 6.07) is 53.4. The minimum atomic E-state index is 0.228. The van der Waals surface area contributed by atoms with Gasteiger partial charge in [-0.2, -0.15) is 0 Å². The van der Waals surface area contributed by atoms with Crippen molar-refractivity contribution in [2.75, 3.05) is 0 Å². The minimum Gasteiger partial charge on any atom is -0.254 e. The molecule has 0 N–H and O–H groups in total. The quantitative estimate of drug-likeness (QED) is 0.168. The van der Waals surface area contributed by atoms with Crippen LogP contribution in [-0.2, 0) is 6.42 Å². The maximum atomic E-state index is 5.56. The number of benzene rings is 7. The molecular weight excluding hydrogens is 727 g/mol. The predicted molar refractivity (Wildman–Crippen MR) is 250 cm³/mol. The number of pyridine rings is 3. The molecule has 280 valence electrons. The second kappa shape index (κ2) is 13.0. The largest absolute Gasteiger partial charge is 0.254 e. The molecule has 0 saturated heterocycles. The SMILES string of the molecule is C1=Cc2c(c(-c3ccc(-c4ccc5c(c4)-c4ccccc4C4C=C(c6ccnc7c6ccc6cccnc67)C=CC54)cc3)nc3c4ccccc4c4ccccc4c23)CC1. The van der Waals surface area contributed by atoms with Crippen molar-refractivity contribution >= 4 is 65.9 Å². The first-order valence-corrected chi connectivity index (χ1v) is 21.1. The zero-order chi connectivity index (χ0) is 39.3. The van der Waals surface area contributed by atoms with E-state index in [0.717, 1.165) is 51.4 Å². The molecule has 3 aromatic heterocycles. The van der Waals surface area contributed by atoms with Crippen LogP contribution >= 0.6 is 0 Å². The second-order valence-electron chi connectivity index (χ2n) is 16.5. The monoisotopic (exact) mass is 763 g/mol. The van der Waals surface area contributed by atoms with Crippen molar-refractivity contribution in [1.29, 1.82) is 0 Å². The second-order valence-corrected chi connectivity index (χ2v) is 16.5. The van der Waals surface area contributed by atoms with Gasteiger partial charge in [0.1, 0.15) is 0 Å². The molecule has 60 heavy (non-hydrogen) atoms. The Morgan fingerprint density at radius 3 is 2.13 bits per heavy atom. The van der Waals surface area contributed by atoms with E-state index >= 15 is 0 Å². The van der Waals surface area contributed by atoms with Crippen molar-refractivity contribution in [2.45, 2.75) is 24.7 Å².